The first-order valence-corrected chi connectivity index (χ1v) is 12.4. The average molecular weight is 543 g/mol. The third-order valence-corrected chi connectivity index (χ3v) is 6.68. The number of ether oxygens (including phenoxy) is 2. The summed E-state index contributed by atoms with van der Waals surface area (Å²) in [6, 6.07) is 14.6. The summed E-state index contributed by atoms with van der Waals surface area (Å²) in [4.78, 5) is 12.4. The van der Waals surface area contributed by atoms with Crippen molar-refractivity contribution in [2.75, 3.05) is 17.1 Å². The number of halogens is 4. The normalized spacial score (nSPS) is 12.5. The summed E-state index contributed by atoms with van der Waals surface area (Å²) in [6.07, 6.45) is -5.18. The van der Waals surface area contributed by atoms with E-state index in [0.717, 1.165) is 12.1 Å². The van der Waals surface area contributed by atoms with E-state index < -0.39 is 38.8 Å². The Kier molecular flexibility index (Phi) is 8.36. The van der Waals surface area contributed by atoms with Crippen molar-refractivity contribution >= 4 is 38.9 Å². The molecular formula is C24H22ClF3N2O5S. The van der Waals surface area contributed by atoms with E-state index in [9.17, 15) is 26.4 Å². The fourth-order valence-corrected chi connectivity index (χ4v) is 4.38. The number of hydrogen-bond donors (Lipinski definition) is 2. The number of hydrogen-bond acceptors (Lipinski definition) is 5. The molecule has 0 saturated heterocycles. The van der Waals surface area contributed by atoms with Crippen LogP contribution >= 0.6 is 11.6 Å². The SMILES string of the molecule is CC[C@H](Oc1ccc(OC)cc1)C(=O)Nc1ccc(S(=O)(=O)Nc2ccc(Cl)c(C(F)(F)F)c2)cc1. The van der Waals surface area contributed by atoms with Crippen molar-refractivity contribution in [2.24, 2.45) is 0 Å². The van der Waals surface area contributed by atoms with Gasteiger partial charge in [0.1, 0.15) is 11.5 Å². The van der Waals surface area contributed by atoms with Crippen LogP contribution in [0.2, 0.25) is 5.02 Å². The second-order valence-electron chi connectivity index (χ2n) is 7.50. The fraction of sp³-hybridized carbons (Fsp3) is 0.208. The van der Waals surface area contributed by atoms with Crippen LogP contribution in [0.3, 0.4) is 0 Å². The molecule has 0 heterocycles. The van der Waals surface area contributed by atoms with Gasteiger partial charge in [-0.15, -0.1) is 0 Å². The van der Waals surface area contributed by atoms with E-state index in [0.29, 0.717) is 29.7 Å². The van der Waals surface area contributed by atoms with Gasteiger partial charge < -0.3 is 14.8 Å². The molecule has 3 aromatic carbocycles. The predicted octanol–water partition coefficient (Wildman–Crippen LogP) is 5.96. The minimum absolute atomic E-state index is 0.217. The topological polar surface area (TPSA) is 93.7 Å². The Labute approximate surface area is 211 Å². The molecule has 0 unspecified atom stereocenters. The highest BCUT2D eigenvalue weighted by molar-refractivity contribution is 7.92. The van der Waals surface area contributed by atoms with Crippen molar-refractivity contribution in [1.29, 1.82) is 0 Å². The third kappa shape index (κ3) is 6.82. The quantitative estimate of drug-likeness (QED) is 0.348. The van der Waals surface area contributed by atoms with Crippen molar-refractivity contribution in [3.05, 3.63) is 77.3 Å². The van der Waals surface area contributed by atoms with Crippen LogP contribution in [0, 0.1) is 0 Å². The number of sulfonamides is 1. The lowest BCUT2D eigenvalue weighted by Crippen LogP contribution is -2.32. The number of carbonyl (C=O) groups is 1. The van der Waals surface area contributed by atoms with Crippen LogP contribution in [0.1, 0.15) is 18.9 Å². The molecule has 0 aliphatic heterocycles. The summed E-state index contributed by atoms with van der Waals surface area (Å²) in [5, 5.41) is 2.10. The zero-order valence-corrected chi connectivity index (χ0v) is 20.7. The Morgan fingerprint density at radius 3 is 2.11 bits per heavy atom. The van der Waals surface area contributed by atoms with E-state index in [4.69, 9.17) is 21.1 Å². The second kappa shape index (κ2) is 11.1. The summed E-state index contributed by atoms with van der Waals surface area (Å²) < 4.78 is 77.4. The maximum absolute atomic E-state index is 13.1. The number of anilines is 2. The number of amides is 1. The molecule has 3 rings (SSSR count). The Morgan fingerprint density at radius 1 is 0.972 bits per heavy atom. The Morgan fingerprint density at radius 2 is 1.56 bits per heavy atom. The van der Waals surface area contributed by atoms with Crippen LogP contribution in [0.15, 0.2) is 71.6 Å². The summed E-state index contributed by atoms with van der Waals surface area (Å²) in [5.41, 5.74) is -1.16. The highest BCUT2D eigenvalue weighted by Crippen LogP contribution is 2.36. The van der Waals surface area contributed by atoms with E-state index in [-0.39, 0.29) is 10.6 Å². The highest BCUT2D eigenvalue weighted by atomic mass is 35.5. The molecule has 0 radical (unpaired) electrons. The van der Waals surface area contributed by atoms with Gasteiger partial charge >= 0.3 is 6.18 Å². The number of alkyl halides is 3. The molecule has 1 atom stereocenters. The largest absolute Gasteiger partial charge is 0.497 e. The first-order valence-electron chi connectivity index (χ1n) is 10.5. The van der Waals surface area contributed by atoms with Gasteiger partial charge in [0.25, 0.3) is 15.9 Å². The Bertz CT molecular complexity index is 1320. The van der Waals surface area contributed by atoms with E-state index in [2.05, 4.69) is 10.0 Å². The molecule has 36 heavy (non-hydrogen) atoms. The van der Waals surface area contributed by atoms with Gasteiger partial charge in [-0.05, 0) is 73.2 Å². The van der Waals surface area contributed by atoms with Gasteiger partial charge in [0.2, 0.25) is 0 Å². The summed E-state index contributed by atoms with van der Waals surface area (Å²) in [6.45, 7) is 1.77. The van der Waals surface area contributed by atoms with Gasteiger partial charge in [-0.2, -0.15) is 13.2 Å². The van der Waals surface area contributed by atoms with Crippen LogP contribution in [-0.2, 0) is 21.0 Å². The first-order chi connectivity index (χ1) is 16.9. The molecule has 0 saturated carbocycles. The van der Waals surface area contributed by atoms with Crippen LogP contribution in [0.25, 0.3) is 0 Å². The Hall–Kier alpha value is -3.44. The van der Waals surface area contributed by atoms with Crippen molar-refractivity contribution in [3.8, 4) is 11.5 Å². The molecule has 12 heteroatoms. The van der Waals surface area contributed by atoms with Crippen molar-refractivity contribution in [2.45, 2.75) is 30.5 Å². The van der Waals surface area contributed by atoms with Gasteiger partial charge in [0.15, 0.2) is 6.10 Å². The van der Waals surface area contributed by atoms with Crippen molar-refractivity contribution in [1.82, 2.24) is 0 Å². The average Bonchev–Trinajstić information content (AvgIpc) is 2.83. The minimum Gasteiger partial charge on any atom is -0.497 e. The molecule has 0 aromatic heterocycles. The summed E-state index contributed by atoms with van der Waals surface area (Å²) >= 11 is 5.57. The van der Waals surface area contributed by atoms with Crippen LogP contribution in [0.5, 0.6) is 11.5 Å². The molecule has 1 amide bonds. The molecule has 3 aromatic rings. The number of rotatable bonds is 9. The molecule has 0 aliphatic carbocycles. The lowest BCUT2D eigenvalue weighted by atomic mass is 10.2. The van der Waals surface area contributed by atoms with Crippen molar-refractivity contribution in [3.63, 3.8) is 0 Å². The van der Waals surface area contributed by atoms with Crippen molar-refractivity contribution < 1.29 is 35.9 Å². The smallest absolute Gasteiger partial charge is 0.417 e. The standard InChI is InChI=1S/C24H22ClF3N2O5S/c1-3-22(35-18-9-7-17(34-2)8-10-18)23(31)29-15-4-11-19(12-5-15)36(32,33)30-16-6-13-21(25)20(14-16)24(26,27)28/h4-14,22,30H,3H2,1-2H3,(H,29,31)/t22-/m0/s1. The monoisotopic (exact) mass is 542 g/mol. The molecule has 0 aliphatic rings. The van der Waals surface area contributed by atoms with Gasteiger partial charge in [0.05, 0.1) is 22.6 Å². The lowest BCUT2D eigenvalue weighted by molar-refractivity contribution is -0.137. The van der Waals surface area contributed by atoms with Gasteiger partial charge in [-0.25, -0.2) is 8.42 Å². The zero-order chi connectivity index (χ0) is 26.5. The maximum Gasteiger partial charge on any atom is 0.417 e. The first kappa shape index (κ1) is 27.2. The van der Waals surface area contributed by atoms with Gasteiger partial charge in [-0.3, -0.25) is 9.52 Å². The second-order valence-corrected chi connectivity index (χ2v) is 9.59. The summed E-state index contributed by atoms with van der Waals surface area (Å²) in [7, 11) is -2.68. The minimum atomic E-state index is -4.74. The van der Waals surface area contributed by atoms with E-state index in [1.807, 2.05) is 0 Å². The predicted molar refractivity (Wildman–Crippen MR) is 130 cm³/mol. The summed E-state index contributed by atoms with van der Waals surface area (Å²) in [5.74, 6) is 0.672. The number of methoxy groups -OCH3 is 1. The van der Waals surface area contributed by atoms with Gasteiger partial charge in [0, 0.05) is 11.4 Å². The number of benzene rings is 3. The van der Waals surface area contributed by atoms with E-state index >= 15 is 0 Å². The van der Waals surface area contributed by atoms with Crippen LogP contribution in [0.4, 0.5) is 24.5 Å². The van der Waals surface area contributed by atoms with E-state index in [1.165, 1.54) is 31.4 Å². The lowest BCUT2D eigenvalue weighted by Gasteiger charge is -2.17. The van der Waals surface area contributed by atoms with Crippen LogP contribution < -0.4 is 19.5 Å². The molecule has 2 N–H and O–H groups in total. The molecule has 0 fully saturated rings. The fourth-order valence-electron chi connectivity index (χ4n) is 3.10. The number of carbonyl (C=O) groups excluding carboxylic acids is 1. The van der Waals surface area contributed by atoms with Crippen LogP contribution in [-0.4, -0.2) is 27.5 Å². The maximum atomic E-state index is 13.1. The van der Waals surface area contributed by atoms with Gasteiger partial charge in [-0.1, -0.05) is 18.5 Å². The molecule has 7 nitrogen and oxygen atoms in total. The third-order valence-electron chi connectivity index (χ3n) is 4.96. The highest BCUT2D eigenvalue weighted by Gasteiger charge is 2.33. The van der Waals surface area contributed by atoms with E-state index in [1.54, 1.807) is 31.2 Å². The molecular weight excluding hydrogens is 521 g/mol. The molecule has 192 valence electrons. The molecule has 0 bridgehead atoms. The zero-order valence-electron chi connectivity index (χ0n) is 19.1. The Balaban J connectivity index is 1.68. The molecule has 0 spiro atoms. The number of nitrogens with one attached hydrogen (secondary N) is 2.